The minimum absolute atomic E-state index is 0.00469. The fraction of sp³-hybridized carbons (Fsp3) is 0.458. The van der Waals surface area contributed by atoms with Crippen LogP contribution < -0.4 is 10.1 Å². The highest BCUT2D eigenvalue weighted by atomic mass is 19.1. The first-order chi connectivity index (χ1) is 15.3. The molecule has 1 saturated carbocycles. The van der Waals surface area contributed by atoms with Gasteiger partial charge in [0.05, 0.1) is 11.7 Å². The molecule has 0 spiro atoms. The number of aliphatic hydroxyl groups is 2. The number of hydrogen-bond acceptors (Lipinski definition) is 5. The highest BCUT2D eigenvalue weighted by Crippen LogP contribution is 2.43. The van der Waals surface area contributed by atoms with Crippen LogP contribution in [0.25, 0.3) is 0 Å². The SMILES string of the molecule is O=C1CCc2cc([C@H](O)CN3C[C@@H]4C[C@@H](Oc5cc(F)ccc5F)C[C@]4(O)C3)ccc2N1. The molecule has 6 nitrogen and oxygen atoms in total. The molecule has 0 aromatic heterocycles. The van der Waals surface area contributed by atoms with Crippen molar-refractivity contribution in [3.8, 4) is 5.75 Å². The fourth-order valence-electron chi connectivity index (χ4n) is 5.32. The smallest absolute Gasteiger partial charge is 0.224 e. The van der Waals surface area contributed by atoms with E-state index in [1.165, 1.54) is 0 Å². The number of β-amino-alcohol motifs (C(OH)–C–C–N with tert-alkyl or cyclic N) is 2. The Labute approximate surface area is 184 Å². The lowest BCUT2D eigenvalue weighted by Gasteiger charge is -2.25. The second-order valence-corrected chi connectivity index (χ2v) is 9.23. The Bertz CT molecular complexity index is 1050. The van der Waals surface area contributed by atoms with Gasteiger partial charge in [0.2, 0.25) is 5.91 Å². The van der Waals surface area contributed by atoms with Crippen LogP contribution in [0.3, 0.4) is 0 Å². The lowest BCUT2D eigenvalue weighted by Crippen LogP contribution is -2.36. The van der Waals surface area contributed by atoms with Gasteiger partial charge in [0.15, 0.2) is 11.6 Å². The number of nitrogens with zero attached hydrogens (tertiary/aromatic N) is 1. The zero-order chi connectivity index (χ0) is 22.5. The van der Waals surface area contributed by atoms with Crippen LogP contribution in [0.15, 0.2) is 36.4 Å². The van der Waals surface area contributed by atoms with E-state index in [1.54, 1.807) is 0 Å². The summed E-state index contributed by atoms with van der Waals surface area (Å²) in [5, 5.41) is 24.7. The first-order valence-electron chi connectivity index (χ1n) is 11.0. The third kappa shape index (κ3) is 4.10. The van der Waals surface area contributed by atoms with Crippen LogP contribution in [0.2, 0.25) is 0 Å². The molecule has 0 unspecified atom stereocenters. The van der Waals surface area contributed by atoms with E-state index in [0.29, 0.717) is 45.3 Å². The lowest BCUT2D eigenvalue weighted by molar-refractivity contribution is -0.116. The number of anilines is 1. The first-order valence-corrected chi connectivity index (χ1v) is 11.0. The Hall–Kier alpha value is -2.55. The van der Waals surface area contributed by atoms with Crippen molar-refractivity contribution in [1.82, 2.24) is 4.90 Å². The van der Waals surface area contributed by atoms with E-state index in [-0.39, 0.29) is 23.7 Å². The number of amides is 1. The maximum Gasteiger partial charge on any atom is 0.224 e. The monoisotopic (exact) mass is 444 g/mol. The van der Waals surface area contributed by atoms with Crippen LogP contribution in [-0.4, -0.2) is 52.4 Å². The van der Waals surface area contributed by atoms with Crippen molar-refractivity contribution in [2.75, 3.05) is 25.0 Å². The molecular weight excluding hydrogens is 418 g/mol. The molecule has 5 rings (SSSR count). The van der Waals surface area contributed by atoms with Gasteiger partial charge in [-0.1, -0.05) is 12.1 Å². The largest absolute Gasteiger partial charge is 0.487 e. The molecule has 2 aromatic carbocycles. The number of rotatable bonds is 5. The summed E-state index contributed by atoms with van der Waals surface area (Å²) in [5.74, 6) is -1.37. The van der Waals surface area contributed by atoms with E-state index in [0.717, 1.165) is 35.0 Å². The van der Waals surface area contributed by atoms with Crippen molar-refractivity contribution in [2.45, 2.75) is 43.5 Å². The number of carbonyl (C=O) groups excluding carboxylic acids is 1. The van der Waals surface area contributed by atoms with Gasteiger partial charge >= 0.3 is 0 Å². The van der Waals surface area contributed by atoms with E-state index in [2.05, 4.69) is 5.32 Å². The molecule has 2 heterocycles. The third-order valence-corrected chi connectivity index (χ3v) is 6.89. The summed E-state index contributed by atoms with van der Waals surface area (Å²) in [7, 11) is 0. The fourth-order valence-corrected chi connectivity index (χ4v) is 5.32. The standard InChI is InChI=1S/C24H26F2N2O4/c25-17-3-4-19(26)22(9-17)32-18-8-16-11-28(13-24(16,31)10-18)12-21(29)15-1-5-20-14(7-15)2-6-23(30)27-20/h1,3-5,7,9,16,18,21,29,31H,2,6,8,10-13H2,(H,27,30)/t16-,18+,21+,24-/m0/s1. The van der Waals surface area contributed by atoms with Crippen LogP contribution >= 0.6 is 0 Å². The van der Waals surface area contributed by atoms with Crippen molar-refractivity contribution in [3.05, 3.63) is 59.2 Å². The van der Waals surface area contributed by atoms with Crippen LogP contribution in [-0.2, 0) is 11.2 Å². The van der Waals surface area contributed by atoms with Crippen LogP contribution in [0.1, 0.15) is 36.5 Å². The van der Waals surface area contributed by atoms with E-state index in [4.69, 9.17) is 4.74 Å². The molecule has 4 atom stereocenters. The Morgan fingerprint density at radius 2 is 2.06 bits per heavy atom. The molecule has 170 valence electrons. The van der Waals surface area contributed by atoms with Gasteiger partial charge in [0.25, 0.3) is 0 Å². The molecule has 3 N–H and O–H groups in total. The van der Waals surface area contributed by atoms with E-state index < -0.39 is 23.3 Å². The second-order valence-electron chi connectivity index (χ2n) is 9.23. The number of hydrogen-bond donors (Lipinski definition) is 3. The molecule has 2 fully saturated rings. The molecule has 32 heavy (non-hydrogen) atoms. The van der Waals surface area contributed by atoms with E-state index in [9.17, 15) is 23.8 Å². The van der Waals surface area contributed by atoms with Crippen molar-refractivity contribution in [3.63, 3.8) is 0 Å². The average Bonchev–Trinajstić information content (AvgIpc) is 3.20. The zero-order valence-corrected chi connectivity index (χ0v) is 17.6. The number of fused-ring (bicyclic) bond motifs is 2. The number of aryl methyl sites for hydroxylation is 1. The molecule has 2 aliphatic heterocycles. The molecule has 1 aliphatic carbocycles. The van der Waals surface area contributed by atoms with Gasteiger partial charge in [-0.15, -0.1) is 0 Å². The summed E-state index contributed by atoms with van der Waals surface area (Å²) in [4.78, 5) is 13.6. The number of nitrogens with one attached hydrogen (secondary N) is 1. The summed E-state index contributed by atoms with van der Waals surface area (Å²) < 4.78 is 33.0. The van der Waals surface area contributed by atoms with Gasteiger partial charge in [-0.3, -0.25) is 9.69 Å². The maximum absolute atomic E-state index is 13.9. The molecule has 2 aromatic rings. The van der Waals surface area contributed by atoms with E-state index >= 15 is 0 Å². The van der Waals surface area contributed by atoms with Gasteiger partial charge in [-0.2, -0.15) is 0 Å². The van der Waals surface area contributed by atoms with Gasteiger partial charge < -0.3 is 20.3 Å². The highest BCUT2D eigenvalue weighted by Gasteiger charge is 2.53. The minimum Gasteiger partial charge on any atom is -0.487 e. The lowest BCUT2D eigenvalue weighted by atomic mass is 9.95. The molecule has 8 heteroatoms. The van der Waals surface area contributed by atoms with Crippen LogP contribution in [0.4, 0.5) is 14.5 Å². The van der Waals surface area contributed by atoms with Gasteiger partial charge in [0.1, 0.15) is 11.9 Å². The topological polar surface area (TPSA) is 82.0 Å². The maximum atomic E-state index is 13.9. The molecule has 3 aliphatic rings. The molecule has 1 amide bonds. The zero-order valence-electron chi connectivity index (χ0n) is 17.6. The minimum atomic E-state index is -0.978. The molecule has 0 bridgehead atoms. The van der Waals surface area contributed by atoms with Crippen LogP contribution in [0.5, 0.6) is 5.75 Å². The van der Waals surface area contributed by atoms with Crippen molar-refractivity contribution in [1.29, 1.82) is 0 Å². The molecule has 1 saturated heterocycles. The van der Waals surface area contributed by atoms with Gasteiger partial charge in [-0.25, -0.2) is 8.78 Å². The third-order valence-electron chi connectivity index (χ3n) is 6.89. The number of halogens is 2. The summed E-state index contributed by atoms with van der Waals surface area (Å²) in [6.07, 6.45) is 0.866. The Morgan fingerprint density at radius 1 is 1.22 bits per heavy atom. The second kappa shape index (κ2) is 8.10. The predicted octanol–water partition coefficient (Wildman–Crippen LogP) is 2.79. The Balaban J connectivity index is 1.19. The number of benzene rings is 2. The Kier molecular flexibility index (Phi) is 5.39. The summed E-state index contributed by atoms with van der Waals surface area (Å²) in [6.45, 7) is 1.37. The van der Waals surface area contributed by atoms with Crippen molar-refractivity contribution < 1.29 is 28.5 Å². The summed E-state index contributed by atoms with van der Waals surface area (Å²) >= 11 is 0. The number of aliphatic hydroxyl groups excluding tert-OH is 1. The number of likely N-dealkylation sites (tertiary alicyclic amines) is 1. The number of ether oxygens (including phenoxy) is 1. The van der Waals surface area contributed by atoms with E-state index in [1.807, 2.05) is 23.1 Å². The van der Waals surface area contributed by atoms with Gasteiger partial charge in [0, 0.05) is 50.1 Å². The Morgan fingerprint density at radius 3 is 2.88 bits per heavy atom. The molecule has 0 radical (unpaired) electrons. The summed E-state index contributed by atoms with van der Waals surface area (Å²) in [6, 6.07) is 8.68. The number of carbonyl (C=O) groups is 1. The first kappa shape index (κ1) is 21.3. The highest BCUT2D eigenvalue weighted by molar-refractivity contribution is 5.93. The predicted molar refractivity (Wildman–Crippen MR) is 113 cm³/mol. The van der Waals surface area contributed by atoms with Gasteiger partial charge in [-0.05, 0) is 42.2 Å². The molecular formula is C24H26F2N2O4. The van der Waals surface area contributed by atoms with Crippen molar-refractivity contribution >= 4 is 11.6 Å². The quantitative estimate of drug-likeness (QED) is 0.661. The normalized spacial score (nSPS) is 28.2. The van der Waals surface area contributed by atoms with Crippen LogP contribution in [0, 0.1) is 17.6 Å². The van der Waals surface area contributed by atoms with Crippen molar-refractivity contribution in [2.24, 2.45) is 5.92 Å². The summed E-state index contributed by atoms with van der Waals surface area (Å²) in [5.41, 5.74) is 1.62. The average molecular weight is 444 g/mol.